The molecule has 0 aliphatic rings. The van der Waals surface area contributed by atoms with Gasteiger partial charge in [0, 0.05) is 0 Å². The second-order valence-electron chi connectivity index (χ2n) is 26.7. The third-order valence-electron chi connectivity index (χ3n) is 20.2. The molecule has 0 aromatic heterocycles. The summed E-state index contributed by atoms with van der Waals surface area (Å²) >= 11 is -4.07. The minimum Gasteiger partial charge on any atom is -0.0622 e. The van der Waals surface area contributed by atoms with Crippen molar-refractivity contribution in [1.82, 2.24) is 0 Å². The van der Waals surface area contributed by atoms with Crippen LogP contribution in [0.4, 0.5) is 0 Å². The summed E-state index contributed by atoms with van der Waals surface area (Å²) in [5, 5.41) is 0. The normalized spacial score (nSPS) is 12.0. The Morgan fingerprint density at radius 2 is 0.267 bits per heavy atom. The van der Waals surface area contributed by atoms with Gasteiger partial charge in [0.15, 0.2) is 0 Å². The summed E-state index contributed by atoms with van der Waals surface area (Å²) in [5.74, 6) is 0. The van der Waals surface area contributed by atoms with Crippen molar-refractivity contribution < 1.29 is 0 Å². The molecule has 0 fully saturated rings. The zero-order chi connectivity index (χ0) is 70.4. The summed E-state index contributed by atoms with van der Waals surface area (Å²) in [6, 6.07) is 161. The van der Waals surface area contributed by atoms with Gasteiger partial charge >= 0.3 is 528 Å². The van der Waals surface area contributed by atoms with Crippen molar-refractivity contribution >= 4 is 77.4 Å². The quantitative estimate of drug-likeness (QED) is 0.0527. The van der Waals surface area contributed by atoms with Crippen molar-refractivity contribution in [3.8, 4) is 44.5 Å². The van der Waals surface area contributed by atoms with E-state index < -0.39 is 13.3 Å². The Bertz CT molecular complexity index is 4910. The number of hydrogen-bond acceptors (Lipinski definition) is 0. The Hall–Kier alpha value is -13.0. The second kappa shape index (κ2) is 31.5. The van der Waals surface area contributed by atoms with E-state index in [9.17, 15) is 0 Å². The molecule has 0 saturated heterocycles. The molecule has 0 nitrogen and oxygen atoms in total. The van der Waals surface area contributed by atoms with E-state index in [4.69, 9.17) is 0 Å². The van der Waals surface area contributed by atoms with Gasteiger partial charge in [-0.05, 0) is 0 Å². The number of rotatable bonds is 20. The smallest absolute Gasteiger partial charge is 0.0622 e. The Balaban J connectivity index is 0.815. The van der Waals surface area contributed by atoms with Crippen LogP contribution in [-0.4, -0.2) is 13.3 Å². The monoisotopic (exact) mass is 1400 g/mol. The van der Waals surface area contributed by atoms with Gasteiger partial charge in [-0.1, -0.05) is 97.1 Å². The first-order chi connectivity index (χ1) is 52.0. The fourth-order valence-corrected chi connectivity index (χ4v) is 24.5. The predicted octanol–water partition coefficient (Wildman–Crippen LogP) is 24.1. The molecule has 16 aromatic rings. The van der Waals surface area contributed by atoms with Crippen molar-refractivity contribution in [2.45, 2.75) is 0 Å². The van der Waals surface area contributed by atoms with Crippen LogP contribution in [0, 0.1) is 0 Å². The predicted molar refractivity (Wildman–Crippen MR) is 451 cm³/mol. The minimum atomic E-state index is -4.07. The van der Waals surface area contributed by atoms with Crippen LogP contribution in [0.5, 0.6) is 0 Å². The molecular weight excluding hydrogens is 1320 g/mol. The standard InChI is InChI=1S/C104H76Ge/c1-9-25-77(26-10-1)73-101(89-33-17-5-18-34-89)93-49-41-81(42-50-93)85-57-65-97(66-58-85)105(98-67-59-86(60-68-98)82-43-51-94(52-44-82)102(90-35-19-6-20-36-90)74-78-27-11-2-12-28-78,99-69-61-87(62-70-99)83-45-53-95(54-46-83)103(91-37-21-7-22-38-91)75-79-29-13-3-14-30-79)100-71-63-88(64-72-100)84-47-55-96(56-48-84)104(92-39-23-8-24-40-92)76-80-31-15-4-16-32-80/h1-76H/b101-73+,102-74+,103-75+,104-76+. The first kappa shape index (κ1) is 66.6. The van der Waals surface area contributed by atoms with Crippen molar-refractivity contribution in [2.75, 3.05) is 0 Å². The Morgan fingerprint density at radius 1 is 0.133 bits per heavy atom. The molecule has 0 atom stereocenters. The maximum absolute atomic E-state index is 4.07. The fourth-order valence-electron chi connectivity index (χ4n) is 14.7. The second-order valence-corrected chi connectivity index (χ2v) is 34.7. The van der Waals surface area contributed by atoms with Gasteiger partial charge in [0.1, 0.15) is 0 Å². The Morgan fingerprint density at radius 3 is 0.429 bits per heavy atom. The van der Waals surface area contributed by atoms with Gasteiger partial charge in [0.05, 0.1) is 0 Å². The molecule has 16 rings (SSSR count). The van der Waals surface area contributed by atoms with E-state index in [1.165, 1.54) is 151 Å². The topological polar surface area (TPSA) is 0 Å². The first-order valence-electron chi connectivity index (χ1n) is 36.2. The molecule has 496 valence electrons. The molecule has 0 N–H and O–H groups in total. The van der Waals surface area contributed by atoms with Crippen LogP contribution in [0.25, 0.3) is 91.1 Å². The number of hydrogen-bond donors (Lipinski definition) is 0. The molecule has 16 aromatic carbocycles. The maximum atomic E-state index is 2.45. The van der Waals surface area contributed by atoms with Gasteiger partial charge in [-0.3, -0.25) is 0 Å². The van der Waals surface area contributed by atoms with E-state index >= 15 is 0 Å². The van der Waals surface area contributed by atoms with Crippen LogP contribution >= 0.6 is 0 Å². The third kappa shape index (κ3) is 15.0. The first-order valence-corrected chi connectivity index (χ1v) is 40.4. The Labute approximate surface area is 621 Å². The molecule has 0 amide bonds. The molecule has 105 heavy (non-hydrogen) atoms. The molecular formula is C104H76Ge. The van der Waals surface area contributed by atoms with Gasteiger partial charge in [-0.2, -0.15) is 0 Å². The van der Waals surface area contributed by atoms with Gasteiger partial charge in [0.25, 0.3) is 0 Å². The molecule has 0 bridgehead atoms. The van der Waals surface area contributed by atoms with Crippen molar-refractivity contribution in [1.29, 1.82) is 0 Å². The molecule has 0 spiro atoms. The van der Waals surface area contributed by atoms with Gasteiger partial charge in [-0.25, -0.2) is 0 Å². The average molecular weight is 1400 g/mol. The average Bonchev–Trinajstić information content (AvgIpc) is 0.728. The van der Waals surface area contributed by atoms with Crippen LogP contribution in [0.15, 0.2) is 437 Å². The summed E-state index contributed by atoms with van der Waals surface area (Å²) in [4.78, 5) is 0. The van der Waals surface area contributed by atoms with Gasteiger partial charge < -0.3 is 0 Å². The molecule has 0 unspecified atom stereocenters. The van der Waals surface area contributed by atoms with E-state index in [1.807, 2.05) is 0 Å². The molecule has 0 aliphatic carbocycles. The Kier molecular flexibility index (Phi) is 20.0. The van der Waals surface area contributed by atoms with Crippen LogP contribution in [-0.2, 0) is 0 Å². The van der Waals surface area contributed by atoms with Gasteiger partial charge in [-0.15, -0.1) is 0 Å². The summed E-state index contributed by atoms with van der Waals surface area (Å²) in [6.45, 7) is 0. The van der Waals surface area contributed by atoms with Crippen molar-refractivity contribution in [2.24, 2.45) is 0 Å². The van der Waals surface area contributed by atoms with Gasteiger partial charge in [0.2, 0.25) is 0 Å². The van der Waals surface area contributed by atoms with Crippen LogP contribution in [0.2, 0.25) is 0 Å². The summed E-state index contributed by atoms with van der Waals surface area (Å²) in [6.07, 6.45) is 9.19. The molecule has 0 heterocycles. The number of benzene rings is 16. The summed E-state index contributed by atoms with van der Waals surface area (Å²) in [7, 11) is 0. The van der Waals surface area contributed by atoms with Crippen molar-refractivity contribution in [3.05, 3.63) is 504 Å². The fraction of sp³-hybridized carbons (Fsp3) is 0. The van der Waals surface area contributed by atoms with E-state index in [0.717, 1.165) is 0 Å². The third-order valence-corrected chi connectivity index (χ3v) is 30.2. The van der Waals surface area contributed by atoms with Crippen molar-refractivity contribution in [3.63, 3.8) is 0 Å². The summed E-state index contributed by atoms with van der Waals surface area (Å²) in [5.41, 5.74) is 28.2. The SMILES string of the molecule is C(=C(/c1ccccc1)c1ccc(-c2cc[c]([Ge]([c]3ccc(-c4ccc(/C(=C/c5ccccc5)c5ccccc5)cc4)cc3)([c]3ccc(-c4ccc(/C(=C/c5ccccc5)c5ccccc5)cc4)cc3)[c]3ccc(-c4ccc(/C(=C/c5ccccc5)c5ccccc5)cc4)cc3)cc2)cc1)/c1ccccc1. The zero-order valence-electron chi connectivity index (χ0n) is 58.4. The van der Waals surface area contributed by atoms with Crippen LogP contribution in [0.3, 0.4) is 0 Å². The van der Waals surface area contributed by atoms with E-state index in [0.29, 0.717) is 0 Å². The molecule has 0 radical (unpaired) electrons. The molecule has 0 aliphatic heterocycles. The van der Waals surface area contributed by atoms with E-state index in [2.05, 4.69) is 461 Å². The van der Waals surface area contributed by atoms with E-state index in [-0.39, 0.29) is 0 Å². The van der Waals surface area contributed by atoms with Crippen LogP contribution < -0.4 is 17.6 Å². The summed E-state index contributed by atoms with van der Waals surface area (Å²) < 4.78 is 5.37. The zero-order valence-corrected chi connectivity index (χ0v) is 60.5. The minimum absolute atomic E-state index is 1.17. The van der Waals surface area contributed by atoms with E-state index in [1.54, 1.807) is 0 Å². The molecule has 1 heteroatoms. The molecule has 0 saturated carbocycles. The van der Waals surface area contributed by atoms with Crippen LogP contribution in [0.1, 0.15) is 66.8 Å².